The highest BCUT2D eigenvalue weighted by Gasteiger charge is 2.31. The summed E-state index contributed by atoms with van der Waals surface area (Å²) in [5.41, 5.74) is 19.0. The molecule has 0 saturated carbocycles. The number of carboxylic acids is 2. The number of carbonyl (C=O) groups is 11. The summed E-state index contributed by atoms with van der Waals surface area (Å²) in [6.45, 7) is 12.8. The number of nitro benzene ring substituents is 1. The number of halogens is 1. The third-order valence-electron chi connectivity index (χ3n) is 12.3. The number of benzene rings is 5. The number of anilines is 1. The Bertz CT molecular complexity index is 4170. The van der Waals surface area contributed by atoms with Crippen molar-refractivity contribution in [2.75, 3.05) is 5.73 Å². The van der Waals surface area contributed by atoms with Gasteiger partial charge in [-0.25, -0.2) is 24.4 Å². The highest BCUT2D eigenvalue weighted by atomic mass is 35.5. The Morgan fingerprint density at radius 1 is 0.670 bits per heavy atom. The number of ether oxygens (including phenoxy) is 1. The average molecular weight is 1290 g/mol. The Kier molecular flexibility index (Phi) is 28.4. The molecule has 0 unspecified atom stereocenters. The van der Waals surface area contributed by atoms with Crippen LogP contribution in [0.5, 0.6) is 0 Å². The molecular formula is C59H65ClN10O21. The van der Waals surface area contributed by atoms with Crippen molar-refractivity contribution in [3.8, 4) is 0 Å². The van der Waals surface area contributed by atoms with Crippen LogP contribution in [-0.2, 0) is 33.5 Å². The summed E-state index contributed by atoms with van der Waals surface area (Å²) in [6, 6.07) is 21.0. The van der Waals surface area contributed by atoms with Gasteiger partial charge in [-0.1, -0.05) is 54.6 Å². The Morgan fingerprint density at radius 3 is 1.64 bits per heavy atom. The van der Waals surface area contributed by atoms with Crippen molar-refractivity contribution in [3.05, 3.63) is 184 Å². The summed E-state index contributed by atoms with van der Waals surface area (Å²) in [6.07, 6.45) is 0.244. The molecule has 3 aliphatic heterocycles. The number of aromatic nitrogens is 3. The molecule has 2 saturated heterocycles. The number of primary amides is 1. The minimum absolute atomic E-state index is 0. The standard InChI is InChI=1S/C15H15N3O3.C10H9NO2.C9H7NO2.C8H6N2O5.C8H9NO2.C5H8N2O2.C4H6O3.ClH.2H2O/c1-8-4-3-5-10-13(8)15(21)18(9(2)16-10)11-6-7-12(19)17-14(11)20;1-6-4-3-5-8-9(6)10(12)13-7(2)11-8;1-5-3-2-4-6-7(5)9(12)10-8(6)11;9-7(11)4-2-1-3-5(10(14)15)6(4)8(12)13;1-5-3-2-4-6(9)7(5)8(10)11;6-3-1-2-4(8)7-5(3)9;1-3(5)7-4(2)6;;;/h3-5,11H,6-7H2,1-2H3,(H,17,19,20);3-5H,1-2H3;2-4H,1H3,(H,10,11,12);1-3H,(H2,9,11)(H,12,13);2-4H,9H2,1H3,(H,10,11);3H,1-2,6H2,(H,7,8,9);1-2H3;1H;2*1H2/t11-;;;;;3-;;;;/m0....0..../s1/i11D;;;;;3D;;;;. The quantitative estimate of drug-likeness (QED) is 0.0307. The number of fused-ring (bicyclic) bond motifs is 3. The summed E-state index contributed by atoms with van der Waals surface area (Å²) in [4.78, 5) is 161. The average Bonchev–Trinajstić information content (AvgIpc) is 1.30. The lowest BCUT2D eigenvalue weighted by Crippen LogP contribution is -2.48. The van der Waals surface area contributed by atoms with Gasteiger partial charge in [0, 0.05) is 45.4 Å². The van der Waals surface area contributed by atoms with Crippen LogP contribution < -0.4 is 44.3 Å². The molecule has 2 aromatic heterocycles. The van der Waals surface area contributed by atoms with E-state index in [0.29, 0.717) is 50.1 Å². The SMILES string of the molecule is CC(=O)OC(C)=O.Cc1cccc(N)c1C(=O)O.Cc1cccc2c1C(=O)NC2=O.Cc1nc2cccc(C)c2c(=O)o1.Cl.NC(=O)c1cccc([N+](=O)[O-])c1C(=O)O.O.O.[2H][C@]1(N)CCC(=O)NC1=O.[2H][C@]1(n2c(C)nc3cccc(C)c3c2=O)CCC(=O)NC1=O. The van der Waals surface area contributed by atoms with Crippen LogP contribution in [-0.4, -0.2) is 112 Å². The number of hydrogen-bond donors (Lipinski definition) is 8. The Hall–Kier alpha value is -11.3. The van der Waals surface area contributed by atoms with Crippen LogP contribution in [0.2, 0.25) is 0 Å². The number of nitro groups is 1. The van der Waals surface area contributed by atoms with Gasteiger partial charge < -0.3 is 47.5 Å². The first-order chi connectivity index (χ1) is 41.9. The molecule has 0 spiro atoms. The third-order valence-corrected chi connectivity index (χ3v) is 12.3. The second-order valence-electron chi connectivity index (χ2n) is 18.8. The zero-order valence-corrected chi connectivity index (χ0v) is 50.6. The maximum Gasteiger partial charge on any atom is 0.347 e. The van der Waals surface area contributed by atoms with Crippen molar-refractivity contribution in [1.29, 1.82) is 0 Å². The molecule has 0 radical (unpaired) electrons. The molecule has 91 heavy (non-hydrogen) atoms. The van der Waals surface area contributed by atoms with Crippen LogP contribution in [0.4, 0.5) is 11.4 Å². The lowest BCUT2D eigenvalue weighted by molar-refractivity contribution is -0.385. The summed E-state index contributed by atoms with van der Waals surface area (Å²) in [7, 11) is 0. The molecule has 2 atom stereocenters. The molecule has 15 N–H and O–H groups in total. The van der Waals surface area contributed by atoms with Gasteiger partial charge in [0.05, 0.1) is 57.7 Å². The number of esters is 2. The highest BCUT2D eigenvalue weighted by molar-refractivity contribution is 6.22. The second-order valence-corrected chi connectivity index (χ2v) is 18.8. The van der Waals surface area contributed by atoms with Gasteiger partial charge in [-0.05, 0) is 100 Å². The molecule has 32 heteroatoms. The van der Waals surface area contributed by atoms with Gasteiger partial charge >= 0.3 is 29.5 Å². The number of rotatable bonds is 5. The normalized spacial score (nSPS) is 15.8. The van der Waals surface area contributed by atoms with E-state index in [1.807, 2.05) is 43.4 Å². The van der Waals surface area contributed by atoms with E-state index in [4.69, 9.17) is 34.6 Å². The number of amides is 7. The number of imide groups is 3. The Morgan fingerprint density at radius 2 is 1.16 bits per heavy atom. The monoisotopic (exact) mass is 1290 g/mol. The van der Waals surface area contributed by atoms with Gasteiger partial charge in [-0.2, -0.15) is 0 Å². The van der Waals surface area contributed by atoms with Gasteiger partial charge in [-0.15, -0.1) is 12.4 Å². The zero-order valence-electron chi connectivity index (χ0n) is 51.8. The first-order valence-electron chi connectivity index (χ1n) is 26.8. The van der Waals surface area contributed by atoms with E-state index in [-0.39, 0.29) is 89.3 Å². The molecule has 484 valence electrons. The topological polar surface area (TPSA) is 536 Å². The van der Waals surface area contributed by atoms with Gasteiger partial charge in [0.2, 0.25) is 29.5 Å². The number of hydrogen-bond acceptors (Lipinski definition) is 21. The molecule has 3 aliphatic rings. The van der Waals surface area contributed by atoms with Crippen molar-refractivity contribution in [3.63, 3.8) is 0 Å². The van der Waals surface area contributed by atoms with E-state index in [0.717, 1.165) is 33.4 Å². The predicted octanol–water partition coefficient (Wildman–Crippen LogP) is 2.96. The lowest BCUT2D eigenvalue weighted by atomic mass is 10.0. The van der Waals surface area contributed by atoms with Gasteiger partial charge in [-0.3, -0.25) is 78.6 Å². The molecule has 31 nitrogen and oxygen atoms in total. The molecule has 2 fully saturated rings. The smallest absolute Gasteiger partial charge is 0.347 e. The van der Waals surface area contributed by atoms with Crippen LogP contribution in [0.25, 0.3) is 21.8 Å². The second kappa shape index (κ2) is 34.9. The van der Waals surface area contributed by atoms with Crippen LogP contribution in [0.15, 0.2) is 105 Å². The number of carboxylic acid groups (broad SMARTS) is 2. The van der Waals surface area contributed by atoms with Crippen molar-refractivity contribution < 1.29 is 90.7 Å². The van der Waals surface area contributed by atoms with Crippen molar-refractivity contribution >= 4 is 111 Å². The molecular weight excluding hydrogens is 1220 g/mol. The molecule has 10 rings (SSSR count). The number of aromatic carboxylic acids is 2. The van der Waals surface area contributed by atoms with Crippen molar-refractivity contribution in [2.45, 2.75) is 93.1 Å². The summed E-state index contributed by atoms with van der Waals surface area (Å²) >= 11 is 0. The van der Waals surface area contributed by atoms with Crippen molar-refractivity contribution in [2.24, 2.45) is 11.5 Å². The zero-order chi connectivity index (χ0) is 67.9. The van der Waals surface area contributed by atoms with Crippen LogP contribution in [0, 0.1) is 51.7 Å². The Balaban J connectivity index is 0.000000553. The summed E-state index contributed by atoms with van der Waals surface area (Å²) in [5, 5.41) is 35.2. The number of nitrogens with one attached hydrogen (secondary N) is 3. The molecule has 0 bridgehead atoms. The van der Waals surface area contributed by atoms with Gasteiger partial charge in [0.25, 0.3) is 23.1 Å². The number of carbonyl (C=O) groups excluding carboxylic acids is 9. The number of nitrogen functional groups attached to an aromatic ring is 1. The maximum atomic E-state index is 12.8. The van der Waals surface area contributed by atoms with E-state index < -0.39 is 81.3 Å². The lowest BCUT2D eigenvalue weighted by Gasteiger charge is -2.24. The fourth-order valence-corrected chi connectivity index (χ4v) is 8.36. The number of nitrogens with two attached hydrogens (primary N) is 3. The fourth-order valence-electron chi connectivity index (χ4n) is 8.36. The largest absolute Gasteiger partial charge is 0.478 e. The Labute approximate surface area is 524 Å². The van der Waals surface area contributed by atoms with Crippen molar-refractivity contribution in [1.82, 2.24) is 30.5 Å². The van der Waals surface area contributed by atoms with Crippen LogP contribution >= 0.6 is 12.4 Å². The van der Waals surface area contributed by atoms with E-state index in [9.17, 15) is 72.4 Å². The van der Waals surface area contributed by atoms with E-state index in [1.165, 1.54) is 19.9 Å². The van der Waals surface area contributed by atoms with Gasteiger partial charge in [0.15, 0.2) is 5.89 Å². The first-order valence-corrected chi connectivity index (χ1v) is 25.8. The van der Waals surface area contributed by atoms with E-state index in [1.54, 1.807) is 76.2 Å². The number of piperidine rings is 2. The van der Waals surface area contributed by atoms with E-state index >= 15 is 0 Å². The maximum absolute atomic E-state index is 12.8. The van der Waals surface area contributed by atoms with Crippen LogP contribution in [0.3, 0.4) is 0 Å². The summed E-state index contributed by atoms with van der Waals surface area (Å²) < 4.78 is 25.5. The molecule has 7 aromatic rings. The van der Waals surface area contributed by atoms with Crippen LogP contribution in [0.1, 0.15) is 134 Å². The molecule has 0 aliphatic carbocycles. The minimum atomic E-state index is -1.85. The molecule has 5 heterocycles. The number of nitrogens with zero attached hydrogens (tertiary/aromatic N) is 4. The first kappa shape index (κ1) is 74.0. The highest BCUT2D eigenvalue weighted by Crippen LogP contribution is 2.24. The number of aryl methyl sites for hydroxylation is 6. The minimum Gasteiger partial charge on any atom is -0.478 e. The summed E-state index contributed by atoms with van der Waals surface area (Å²) in [5.74, 6) is -6.83. The molecule has 7 amide bonds. The predicted molar refractivity (Wildman–Crippen MR) is 328 cm³/mol. The fraction of sp³-hybridized carbons (Fsp3) is 0.237. The molecule has 5 aromatic carbocycles. The third kappa shape index (κ3) is 20.9. The van der Waals surface area contributed by atoms with Gasteiger partial charge in [0.1, 0.15) is 17.4 Å². The van der Waals surface area contributed by atoms with E-state index in [2.05, 4.69) is 25.3 Å².